The molecule has 2 aliphatic carbocycles. The molecule has 3 fully saturated rings. The van der Waals surface area contributed by atoms with Gasteiger partial charge in [-0.1, -0.05) is 26.5 Å². The maximum Gasteiger partial charge on any atom is 0.312 e. The summed E-state index contributed by atoms with van der Waals surface area (Å²) in [5.41, 5.74) is -5.50. The van der Waals surface area contributed by atoms with Crippen LogP contribution in [0.25, 0.3) is 0 Å². The van der Waals surface area contributed by atoms with Crippen LogP contribution in [0.5, 0.6) is 0 Å². The average molecular weight is 585 g/mol. The van der Waals surface area contributed by atoms with E-state index in [4.69, 9.17) is 35.3 Å². The number of aliphatic hydroxyl groups is 2. The van der Waals surface area contributed by atoms with Gasteiger partial charge in [0.05, 0.1) is 17.4 Å². The molecular weight excluding hydrogens is 548 g/mol. The summed E-state index contributed by atoms with van der Waals surface area (Å²) in [7, 11) is 0. The maximum atomic E-state index is 12.9. The molecule has 0 bridgehead atoms. The number of ether oxygens (including phenoxy) is 5. The van der Waals surface area contributed by atoms with Gasteiger partial charge in [0.25, 0.3) is 0 Å². The minimum atomic E-state index is -2.29. The number of fused-ring (bicyclic) bond motifs is 4. The average Bonchev–Trinajstić information content (AvgIpc) is 3.62. The van der Waals surface area contributed by atoms with Gasteiger partial charge in [0.2, 0.25) is 0 Å². The number of carbonyl (C=O) groups excluding carboxylic acids is 4. The molecular formula is C28H37ClO11. The topological polar surface area (TPSA) is 158 Å². The van der Waals surface area contributed by atoms with Crippen molar-refractivity contribution in [2.45, 2.75) is 108 Å². The van der Waals surface area contributed by atoms with Gasteiger partial charge in [0.15, 0.2) is 17.8 Å². The molecule has 2 aliphatic heterocycles. The molecule has 4 aliphatic rings. The maximum absolute atomic E-state index is 12.9. The zero-order chi connectivity index (χ0) is 29.9. The molecule has 2 heterocycles. The molecule has 12 heteroatoms. The number of rotatable bonds is 5. The van der Waals surface area contributed by atoms with Crippen LogP contribution in [0.2, 0.25) is 0 Å². The molecule has 0 aromatic rings. The van der Waals surface area contributed by atoms with Crippen LogP contribution >= 0.6 is 11.6 Å². The molecule has 1 saturated carbocycles. The Morgan fingerprint density at radius 1 is 1.07 bits per heavy atom. The number of allylic oxidation sites excluding steroid dienone is 1. The summed E-state index contributed by atoms with van der Waals surface area (Å²) < 4.78 is 28.8. The molecule has 12 atom stereocenters. The van der Waals surface area contributed by atoms with Gasteiger partial charge in [-0.2, -0.15) is 0 Å². The van der Waals surface area contributed by atoms with Crippen LogP contribution in [0.1, 0.15) is 54.4 Å². The van der Waals surface area contributed by atoms with Crippen LogP contribution in [0.3, 0.4) is 0 Å². The fourth-order valence-corrected chi connectivity index (χ4v) is 7.18. The number of halogens is 1. The van der Waals surface area contributed by atoms with E-state index >= 15 is 0 Å². The molecule has 40 heavy (non-hydrogen) atoms. The molecule has 0 spiro atoms. The first kappa shape index (κ1) is 30.5. The monoisotopic (exact) mass is 584 g/mol. The normalized spacial score (nSPS) is 46.6. The molecule has 11 nitrogen and oxygen atoms in total. The largest absolute Gasteiger partial charge is 0.459 e. The number of hydrogen-bond acceptors (Lipinski definition) is 11. The Morgan fingerprint density at radius 2 is 1.68 bits per heavy atom. The van der Waals surface area contributed by atoms with E-state index in [2.05, 4.69) is 6.58 Å². The number of epoxide rings is 1. The second-order valence-corrected chi connectivity index (χ2v) is 12.1. The van der Waals surface area contributed by atoms with Crippen LogP contribution in [0, 0.1) is 17.3 Å². The van der Waals surface area contributed by atoms with Crippen molar-refractivity contribution < 1.29 is 53.1 Å². The first-order valence-corrected chi connectivity index (χ1v) is 13.8. The van der Waals surface area contributed by atoms with Crippen LogP contribution in [0.15, 0.2) is 24.3 Å². The third kappa shape index (κ3) is 4.64. The van der Waals surface area contributed by atoms with Gasteiger partial charge in [0.1, 0.15) is 23.9 Å². The minimum absolute atomic E-state index is 0.102. The Morgan fingerprint density at radius 3 is 2.25 bits per heavy atom. The van der Waals surface area contributed by atoms with E-state index in [-0.39, 0.29) is 12.0 Å². The molecule has 0 aromatic heterocycles. The van der Waals surface area contributed by atoms with Crippen molar-refractivity contribution in [1.82, 2.24) is 0 Å². The Hall–Kier alpha value is -2.47. The summed E-state index contributed by atoms with van der Waals surface area (Å²) in [4.78, 5) is 50.5. The first-order chi connectivity index (χ1) is 18.5. The van der Waals surface area contributed by atoms with Gasteiger partial charge >= 0.3 is 23.9 Å². The zero-order valence-corrected chi connectivity index (χ0v) is 24.2. The van der Waals surface area contributed by atoms with E-state index in [0.29, 0.717) is 6.42 Å². The Bertz CT molecular complexity index is 1130. The zero-order valence-electron chi connectivity index (χ0n) is 23.4. The minimum Gasteiger partial charge on any atom is -0.459 e. The lowest BCUT2D eigenvalue weighted by Gasteiger charge is -2.57. The molecule has 222 valence electrons. The SMILES string of the molecule is C=C1/C=C\[C@H](OC(=O)CCC)[C@@]2(C)C3OC3C(OC(C)=O)[C@@](C)(O)C2[C@H](OC(C)=O)C2(O)C(C)C(=O)OC2C1Cl. The third-order valence-electron chi connectivity index (χ3n) is 8.83. The van der Waals surface area contributed by atoms with E-state index in [1.165, 1.54) is 26.8 Å². The lowest BCUT2D eigenvalue weighted by molar-refractivity contribution is -0.258. The van der Waals surface area contributed by atoms with E-state index in [9.17, 15) is 29.4 Å². The molecule has 0 aromatic carbocycles. The summed E-state index contributed by atoms with van der Waals surface area (Å²) in [6.45, 7) is 12.5. The van der Waals surface area contributed by atoms with Crippen molar-refractivity contribution in [3.63, 3.8) is 0 Å². The summed E-state index contributed by atoms with van der Waals surface area (Å²) >= 11 is 6.72. The smallest absolute Gasteiger partial charge is 0.312 e. The van der Waals surface area contributed by atoms with Gasteiger partial charge in [-0.25, -0.2) is 0 Å². The Kier molecular flexibility index (Phi) is 7.94. The second-order valence-electron chi connectivity index (χ2n) is 11.6. The van der Waals surface area contributed by atoms with Crippen LogP contribution in [-0.4, -0.2) is 87.3 Å². The molecule has 0 amide bonds. The van der Waals surface area contributed by atoms with Crippen molar-refractivity contribution >= 4 is 35.5 Å². The number of hydrogen-bond donors (Lipinski definition) is 2. The molecule has 8 unspecified atom stereocenters. The predicted molar refractivity (Wildman–Crippen MR) is 139 cm³/mol. The van der Waals surface area contributed by atoms with Gasteiger partial charge in [0, 0.05) is 31.6 Å². The highest BCUT2D eigenvalue weighted by Crippen LogP contribution is 2.63. The number of carbonyl (C=O) groups is 4. The molecule has 2 saturated heterocycles. The van der Waals surface area contributed by atoms with Crippen molar-refractivity contribution in [3.8, 4) is 0 Å². The van der Waals surface area contributed by atoms with Crippen molar-refractivity contribution in [2.75, 3.05) is 0 Å². The Balaban J connectivity index is 2.03. The van der Waals surface area contributed by atoms with E-state index in [1.807, 2.05) is 6.92 Å². The fraction of sp³-hybridized carbons (Fsp3) is 0.714. The third-order valence-corrected chi connectivity index (χ3v) is 9.34. The first-order valence-electron chi connectivity index (χ1n) is 13.4. The second kappa shape index (κ2) is 10.4. The van der Waals surface area contributed by atoms with Crippen molar-refractivity contribution in [1.29, 1.82) is 0 Å². The molecule has 4 rings (SSSR count). The molecule has 0 radical (unpaired) electrons. The quantitative estimate of drug-likeness (QED) is 0.210. The summed E-state index contributed by atoms with van der Waals surface area (Å²) in [5.74, 6) is -5.48. The summed E-state index contributed by atoms with van der Waals surface area (Å²) in [5, 5.41) is 23.5. The van der Waals surface area contributed by atoms with Gasteiger partial charge in [-0.3, -0.25) is 19.2 Å². The van der Waals surface area contributed by atoms with E-state index in [0.717, 1.165) is 6.92 Å². The van der Waals surface area contributed by atoms with Crippen LogP contribution in [0.4, 0.5) is 0 Å². The summed E-state index contributed by atoms with van der Waals surface area (Å²) in [6.07, 6.45) is -3.37. The number of alkyl halides is 1. The predicted octanol–water partition coefficient (Wildman–Crippen LogP) is 1.74. The van der Waals surface area contributed by atoms with Crippen molar-refractivity contribution in [2.24, 2.45) is 17.3 Å². The highest BCUT2D eigenvalue weighted by atomic mass is 35.5. The lowest BCUT2D eigenvalue weighted by Crippen LogP contribution is -2.73. The highest BCUT2D eigenvalue weighted by Gasteiger charge is 2.79. The van der Waals surface area contributed by atoms with Gasteiger partial charge in [-0.15, -0.1) is 11.6 Å². The Labute approximate surface area is 237 Å². The van der Waals surface area contributed by atoms with E-state index in [1.54, 1.807) is 13.0 Å². The highest BCUT2D eigenvalue weighted by molar-refractivity contribution is 6.23. The van der Waals surface area contributed by atoms with E-state index < -0.39 is 94.3 Å². The van der Waals surface area contributed by atoms with Crippen LogP contribution < -0.4 is 0 Å². The standard InChI is InChI=1S/C28H37ClO11/c1-8-9-17(32)38-16-11-10-12(2)18(29)21-28(35,13(3)25(33)40-21)24(37-15(5)31)20-26(16,6)22-19(39-22)23(27(20,7)34)36-14(4)30/h10-11,13,16,18-24,34-35H,2,8-9H2,1,3-7H3/b11-10-/t13?,16-,18?,19?,20?,21?,22?,23?,24-,26+,27-,28?/m0/s1. The van der Waals surface area contributed by atoms with Gasteiger partial charge in [-0.05, 0) is 31.9 Å². The lowest BCUT2D eigenvalue weighted by atomic mass is 9.52. The number of esters is 4. The van der Waals surface area contributed by atoms with Crippen molar-refractivity contribution in [3.05, 3.63) is 24.3 Å². The van der Waals surface area contributed by atoms with Gasteiger partial charge < -0.3 is 33.9 Å². The fourth-order valence-electron chi connectivity index (χ4n) is 6.85. The van der Waals surface area contributed by atoms with Crippen LogP contribution in [-0.2, 0) is 42.9 Å². The summed E-state index contributed by atoms with van der Waals surface area (Å²) in [6, 6.07) is 0. The molecule has 2 N–H and O–H groups in total.